The first-order valence-corrected chi connectivity index (χ1v) is 8.99. The standard InChI is InChI=1S/C18H23ClF2N2O2/c1-2-25-11-15-8-18(20,21)12-23(15)16-9-22(10-16)17(24)7-13-4-3-5-14(19)6-13/h3-6,15-16H,2,7-12H2,1H3/t15-/m0/s1. The monoisotopic (exact) mass is 372 g/mol. The molecule has 7 heteroatoms. The van der Waals surface area contributed by atoms with Crippen molar-refractivity contribution in [2.45, 2.75) is 37.8 Å². The zero-order valence-electron chi connectivity index (χ0n) is 14.3. The van der Waals surface area contributed by atoms with Gasteiger partial charge in [-0.2, -0.15) is 0 Å². The Labute approximate surface area is 151 Å². The lowest BCUT2D eigenvalue weighted by atomic mass is 10.0. The van der Waals surface area contributed by atoms with Crippen molar-refractivity contribution >= 4 is 17.5 Å². The van der Waals surface area contributed by atoms with Gasteiger partial charge in [0, 0.05) is 43.2 Å². The van der Waals surface area contributed by atoms with Crippen molar-refractivity contribution in [3.05, 3.63) is 34.9 Å². The lowest BCUT2D eigenvalue weighted by molar-refractivity contribution is -0.138. The van der Waals surface area contributed by atoms with Crippen LogP contribution in [0.1, 0.15) is 18.9 Å². The predicted molar refractivity (Wildman–Crippen MR) is 92.1 cm³/mol. The van der Waals surface area contributed by atoms with E-state index in [1.54, 1.807) is 17.0 Å². The van der Waals surface area contributed by atoms with E-state index in [0.29, 0.717) is 31.3 Å². The summed E-state index contributed by atoms with van der Waals surface area (Å²) in [5, 5.41) is 0.602. The fraction of sp³-hybridized carbons (Fsp3) is 0.611. The van der Waals surface area contributed by atoms with Crippen molar-refractivity contribution < 1.29 is 18.3 Å². The minimum Gasteiger partial charge on any atom is -0.380 e. The van der Waals surface area contributed by atoms with E-state index in [-0.39, 0.29) is 37.4 Å². The molecule has 2 aliphatic rings. The third-order valence-electron chi connectivity index (χ3n) is 4.86. The van der Waals surface area contributed by atoms with E-state index in [2.05, 4.69) is 0 Å². The fourth-order valence-corrected chi connectivity index (χ4v) is 3.77. The lowest BCUT2D eigenvalue weighted by Crippen LogP contribution is -2.62. The van der Waals surface area contributed by atoms with E-state index in [1.807, 2.05) is 24.0 Å². The second-order valence-electron chi connectivity index (χ2n) is 6.80. The van der Waals surface area contributed by atoms with E-state index in [1.165, 1.54) is 0 Å². The third-order valence-corrected chi connectivity index (χ3v) is 5.10. The Morgan fingerprint density at radius 1 is 1.40 bits per heavy atom. The molecule has 0 aromatic heterocycles. The van der Waals surface area contributed by atoms with Crippen LogP contribution in [0.2, 0.25) is 5.02 Å². The number of benzene rings is 1. The number of amides is 1. The van der Waals surface area contributed by atoms with Gasteiger partial charge in [-0.3, -0.25) is 9.69 Å². The van der Waals surface area contributed by atoms with Crippen molar-refractivity contribution in [3.8, 4) is 0 Å². The van der Waals surface area contributed by atoms with Crippen LogP contribution >= 0.6 is 11.6 Å². The summed E-state index contributed by atoms with van der Waals surface area (Å²) in [6, 6.07) is 6.93. The Bertz CT molecular complexity index is 623. The molecule has 1 aromatic rings. The fourth-order valence-electron chi connectivity index (χ4n) is 3.56. The zero-order valence-corrected chi connectivity index (χ0v) is 15.0. The molecule has 0 radical (unpaired) electrons. The van der Waals surface area contributed by atoms with Crippen LogP contribution in [0.5, 0.6) is 0 Å². The van der Waals surface area contributed by atoms with Crippen LogP contribution in [0, 0.1) is 0 Å². The number of ether oxygens (including phenoxy) is 1. The van der Waals surface area contributed by atoms with Crippen LogP contribution in [-0.2, 0) is 16.0 Å². The topological polar surface area (TPSA) is 32.8 Å². The molecule has 2 aliphatic heterocycles. The largest absolute Gasteiger partial charge is 0.380 e. The highest BCUT2D eigenvalue weighted by Gasteiger charge is 2.50. The van der Waals surface area contributed by atoms with Crippen molar-refractivity contribution in [3.63, 3.8) is 0 Å². The molecule has 4 nitrogen and oxygen atoms in total. The van der Waals surface area contributed by atoms with Crippen LogP contribution in [0.3, 0.4) is 0 Å². The van der Waals surface area contributed by atoms with Crippen LogP contribution in [-0.4, -0.2) is 66.6 Å². The normalized spacial score (nSPS) is 23.7. The number of hydrogen-bond donors (Lipinski definition) is 0. The summed E-state index contributed by atoms with van der Waals surface area (Å²) in [7, 11) is 0. The van der Waals surface area contributed by atoms with E-state index >= 15 is 0 Å². The summed E-state index contributed by atoms with van der Waals surface area (Å²) >= 11 is 5.93. The van der Waals surface area contributed by atoms with Gasteiger partial charge >= 0.3 is 0 Å². The first-order valence-electron chi connectivity index (χ1n) is 8.61. The SMILES string of the molecule is CCOC[C@@H]1CC(F)(F)CN1C1CN(C(=O)Cc2cccc(Cl)c2)C1. The Morgan fingerprint density at radius 3 is 2.84 bits per heavy atom. The number of carbonyl (C=O) groups is 1. The number of halogens is 3. The smallest absolute Gasteiger partial charge is 0.262 e. The zero-order chi connectivity index (χ0) is 18.0. The van der Waals surface area contributed by atoms with Crippen LogP contribution < -0.4 is 0 Å². The second-order valence-corrected chi connectivity index (χ2v) is 7.24. The van der Waals surface area contributed by atoms with Gasteiger partial charge in [0.1, 0.15) is 0 Å². The highest BCUT2D eigenvalue weighted by atomic mass is 35.5. The molecule has 0 unspecified atom stereocenters. The van der Waals surface area contributed by atoms with Gasteiger partial charge in [-0.15, -0.1) is 0 Å². The molecule has 1 atom stereocenters. The molecule has 1 aromatic carbocycles. The summed E-state index contributed by atoms with van der Waals surface area (Å²) in [6.45, 7) is 3.45. The Hall–Kier alpha value is -1.24. The maximum absolute atomic E-state index is 13.8. The van der Waals surface area contributed by atoms with Crippen molar-refractivity contribution in [1.82, 2.24) is 9.80 Å². The quantitative estimate of drug-likeness (QED) is 0.769. The number of alkyl halides is 2. The molecule has 0 bridgehead atoms. The average Bonchev–Trinajstić information content (AvgIpc) is 2.78. The maximum atomic E-state index is 13.8. The molecule has 1 amide bonds. The summed E-state index contributed by atoms with van der Waals surface area (Å²) in [6.07, 6.45) is 0.117. The van der Waals surface area contributed by atoms with Crippen molar-refractivity contribution in [2.24, 2.45) is 0 Å². The number of likely N-dealkylation sites (tertiary alicyclic amines) is 2. The van der Waals surface area contributed by atoms with Gasteiger partial charge in [0.2, 0.25) is 5.91 Å². The van der Waals surface area contributed by atoms with Crippen LogP contribution in [0.15, 0.2) is 24.3 Å². The first-order chi connectivity index (χ1) is 11.9. The average molecular weight is 373 g/mol. The molecule has 0 saturated carbocycles. The van der Waals surface area contributed by atoms with Crippen molar-refractivity contribution in [1.29, 1.82) is 0 Å². The van der Waals surface area contributed by atoms with Gasteiger partial charge in [0.15, 0.2) is 0 Å². The minimum atomic E-state index is -2.67. The highest BCUT2D eigenvalue weighted by Crippen LogP contribution is 2.35. The Morgan fingerprint density at radius 2 is 2.16 bits per heavy atom. The predicted octanol–water partition coefficient (Wildman–Crippen LogP) is 2.84. The number of nitrogens with zero attached hydrogens (tertiary/aromatic N) is 2. The van der Waals surface area contributed by atoms with Gasteiger partial charge in [0.25, 0.3) is 5.92 Å². The number of rotatable bonds is 6. The van der Waals surface area contributed by atoms with Gasteiger partial charge in [-0.05, 0) is 24.6 Å². The van der Waals surface area contributed by atoms with Gasteiger partial charge in [-0.1, -0.05) is 23.7 Å². The van der Waals surface area contributed by atoms with E-state index < -0.39 is 5.92 Å². The maximum Gasteiger partial charge on any atom is 0.262 e. The van der Waals surface area contributed by atoms with Gasteiger partial charge in [0.05, 0.1) is 19.6 Å². The molecule has 0 spiro atoms. The van der Waals surface area contributed by atoms with E-state index in [0.717, 1.165) is 5.56 Å². The van der Waals surface area contributed by atoms with Gasteiger partial charge in [-0.25, -0.2) is 8.78 Å². The molecule has 2 saturated heterocycles. The molecule has 2 heterocycles. The summed E-state index contributed by atoms with van der Waals surface area (Å²) in [5.74, 6) is -2.67. The lowest BCUT2D eigenvalue weighted by Gasteiger charge is -2.46. The molecular weight excluding hydrogens is 350 g/mol. The molecular formula is C18H23ClF2N2O2. The van der Waals surface area contributed by atoms with Crippen molar-refractivity contribution in [2.75, 3.05) is 32.8 Å². The summed E-state index contributed by atoms with van der Waals surface area (Å²) in [5.41, 5.74) is 0.864. The number of carbonyl (C=O) groups excluding carboxylic acids is 1. The summed E-state index contributed by atoms with van der Waals surface area (Å²) < 4.78 is 32.9. The van der Waals surface area contributed by atoms with Crippen LogP contribution in [0.25, 0.3) is 0 Å². The van der Waals surface area contributed by atoms with Gasteiger partial charge < -0.3 is 9.64 Å². The Kier molecular flexibility index (Phi) is 5.61. The number of hydrogen-bond acceptors (Lipinski definition) is 3. The highest BCUT2D eigenvalue weighted by molar-refractivity contribution is 6.30. The summed E-state index contributed by atoms with van der Waals surface area (Å²) in [4.78, 5) is 15.9. The first kappa shape index (κ1) is 18.5. The third kappa shape index (κ3) is 4.49. The molecule has 25 heavy (non-hydrogen) atoms. The van der Waals surface area contributed by atoms with Crippen LogP contribution in [0.4, 0.5) is 8.78 Å². The molecule has 0 N–H and O–H groups in total. The Balaban J connectivity index is 1.53. The second kappa shape index (κ2) is 7.56. The molecule has 2 fully saturated rings. The molecule has 0 aliphatic carbocycles. The van der Waals surface area contributed by atoms with E-state index in [4.69, 9.17) is 16.3 Å². The minimum absolute atomic E-state index is 0.00540. The molecule has 138 valence electrons. The molecule has 3 rings (SSSR count). The van der Waals surface area contributed by atoms with E-state index in [9.17, 15) is 13.6 Å².